The average molecular weight is 315 g/mol. The third-order valence-electron chi connectivity index (χ3n) is 2.49. The monoisotopic (exact) mass is 315 g/mol. The second-order valence-corrected chi connectivity index (χ2v) is 5.22. The van der Waals surface area contributed by atoms with Crippen molar-refractivity contribution in [3.05, 3.63) is 34.4 Å². The minimum absolute atomic E-state index is 0.146. The van der Waals surface area contributed by atoms with E-state index in [2.05, 4.69) is 4.72 Å². The van der Waals surface area contributed by atoms with Crippen molar-refractivity contribution in [2.45, 2.75) is 23.8 Å². The predicted octanol–water partition coefficient (Wildman–Crippen LogP) is -0.0743. The first-order valence-corrected chi connectivity index (χ1v) is 6.90. The van der Waals surface area contributed by atoms with Crippen LogP contribution in [0.4, 0.5) is 5.69 Å². The van der Waals surface area contributed by atoms with Crippen molar-refractivity contribution in [3.63, 3.8) is 0 Å². The number of carbonyl (C=O) groups excluding carboxylic acids is 1. The van der Waals surface area contributed by atoms with E-state index in [4.69, 9.17) is 10.8 Å². The lowest BCUT2D eigenvalue weighted by molar-refractivity contribution is -0.387. The summed E-state index contributed by atoms with van der Waals surface area (Å²) < 4.78 is 14.3. The molecule has 0 saturated heterocycles. The first kappa shape index (κ1) is 16.9. The number of carboxylic acid groups (broad SMARTS) is 1. The maximum atomic E-state index is 12.0. The van der Waals surface area contributed by atoms with E-state index in [0.717, 1.165) is 6.07 Å². The number of carbonyl (C=O) groups is 2. The number of nitrogens with two attached hydrogens (primary N) is 1. The van der Waals surface area contributed by atoms with Crippen LogP contribution in [-0.4, -0.2) is 32.5 Å². The van der Waals surface area contributed by atoms with Crippen LogP contribution in [-0.2, 0) is 21.0 Å². The van der Waals surface area contributed by atoms with Crippen LogP contribution in [0, 0.1) is 10.1 Å². The summed E-state index contributed by atoms with van der Waals surface area (Å²) in [7, 11) is 0. The lowest BCUT2D eigenvalue weighted by Crippen LogP contribution is -2.41. The summed E-state index contributed by atoms with van der Waals surface area (Å²) in [5.74, 6) is -2.03. The van der Waals surface area contributed by atoms with Crippen LogP contribution < -0.4 is 10.5 Å². The number of nitrogens with zero attached hydrogens (tertiary/aromatic N) is 1. The molecular formula is C11H13N3O6S. The van der Waals surface area contributed by atoms with E-state index in [1.165, 1.54) is 18.2 Å². The third kappa shape index (κ3) is 5.02. The Hall–Kier alpha value is -2.17. The molecule has 10 heteroatoms. The highest BCUT2D eigenvalue weighted by Gasteiger charge is 2.30. The van der Waals surface area contributed by atoms with Crippen molar-refractivity contribution in [3.8, 4) is 0 Å². The lowest BCUT2D eigenvalue weighted by atomic mass is 10.2. The van der Waals surface area contributed by atoms with Crippen molar-refractivity contribution >= 4 is 28.9 Å². The molecule has 0 bridgehead atoms. The van der Waals surface area contributed by atoms with Crippen molar-refractivity contribution < 1.29 is 24.2 Å². The van der Waals surface area contributed by atoms with E-state index in [0.29, 0.717) is 0 Å². The Morgan fingerprint density at radius 1 is 1.43 bits per heavy atom. The fourth-order valence-electron chi connectivity index (χ4n) is 1.48. The fraction of sp³-hybridized carbons (Fsp3) is 0.273. The van der Waals surface area contributed by atoms with Crippen LogP contribution in [0.15, 0.2) is 29.2 Å². The van der Waals surface area contributed by atoms with Crippen molar-refractivity contribution in [1.82, 2.24) is 4.72 Å². The smallest absolute Gasteiger partial charge is 0.325 e. The highest BCUT2D eigenvalue weighted by atomic mass is 32.2. The summed E-state index contributed by atoms with van der Waals surface area (Å²) in [6, 6.07) is 3.96. The Bertz CT molecular complexity index is 553. The third-order valence-corrected chi connectivity index (χ3v) is 3.73. The van der Waals surface area contributed by atoms with Gasteiger partial charge < -0.3 is 15.4 Å². The van der Waals surface area contributed by atoms with Gasteiger partial charge in [-0.25, -0.2) is 0 Å². The molecule has 1 rings (SSSR count). The van der Waals surface area contributed by atoms with Crippen LogP contribution in [0.2, 0.25) is 0 Å². The van der Waals surface area contributed by atoms with Gasteiger partial charge in [0.1, 0.15) is 0 Å². The van der Waals surface area contributed by atoms with Gasteiger partial charge in [-0.3, -0.25) is 19.7 Å². The largest absolute Gasteiger partial charge is 0.593 e. The number of aliphatic carboxylic acids is 1. The molecular weight excluding hydrogens is 302 g/mol. The quantitative estimate of drug-likeness (QED) is 0.344. The molecule has 0 aliphatic heterocycles. The molecule has 1 amide bonds. The summed E-state index contributed by atoms with van der Waals surface area (Å²) >= 11 is -2.11. The van der Waals surface area contributed by atoms with Crippen molar-refractivity contribution in [2.24, 2.45) is 5.73 Å². The van der Waals surface area contributed by atoms with Gasteiger partial charge in [0, 0.05) is 18.6 Å². The van der Waals surface area contributed by atoms with Crippen LogP contribution >= 0.6 is 0 Å². The number of nitro benzene ring substituents is 1. The zero-order valence-corrected chi connectivity index (χ0v) is 11.5. The van der Waals surface area contributed by atoms with Gasteiger partial charge in [-0.05, 0) is 6.42 Å². The summed E-state index contributed by atoms with van der Waals surface area (Å²) in [4.78, 5) is 31.6. The normalized spacial score (nSPS) is 13.4. The van der Waals surface area contributed by atoms with Crippen LogP contribution in [0.3, 0.4) is 0 Å². The van der Waals surface area contributed by atoms with Gasteiger partial charge in [0.2, 0.25) is 5.91 Å². The van der Waals surface area contributed by atoms with Crippen molar-refractivity contribution in [2.75, 3.05) is 0 Å². The first-order valence-electron chi connectivity index (χ1n) is 5.75. The van der Waals surface area contributed by atoms with E-state index in [1.54, 1.807) is 0 Å². The number of primary amides is 1. The number of hydrogen-bond acceptors (Lipinski definition) is 6. The standard InChI is InChI=1S/C11H13N3O6S/c12-10(15)6-5-7(11(16)17)13-21(20)9-4-2-1-3-8(9)14(18)19/h1-4,7,13H,5-6H2,(H2,12,15)(H,16,17)/t7-,21?/m0/s1. The molecule has 21 heavy (non-hydrogen) atoms. The Balaban J connectivity index is 2.87. The fourth-order valence-corrected chi connectivity index (χ4v) is 2.62. The van der Waals surface area contributed by atoms with E-state index in [-0.39, 0.29) is 23.4 Å². The molecule has 1 aromatic carbocycles. The number of nitro groups is 1. The van der Waals surface area contributed by atoms with Gasteiger partial charge in [-0.2, -0.15) is 0 Å². The van der Waals surface area contributed by atoms with Gasteiger partial charge in [0.25, 0.3) is 4.90 Å². The summed E-state index contributed by atoms with van der Waals surface area (Å²) in [6.45, 7) is 0. The molecule has 9 nitrogen and oxygen atoms in total. The van der Waals surface area contributed by atoms with E-state index in [9.17, 15) is 24.3 Å². The topological polar surface area (TPSA) is 159 Å². The predicted molar refractivity (Wildman–Crippen MR) is 72.5 cm³/mol. The zero-order valence-electron chi connectivity index (χ0n) is 10.7. The number of amides is 1. The number of hydrogen-bond donors (Lipinski definition) is 3. The van der Waals surface area contributed by atoms with Gasteiger partial charge in [-0.1, -0.05) is 12.1 Å². The van der Waals surface area contributed by atoms with Crippen LogP contribution in [0.5, 0.6) is 0 Å². The van der Waals surface area contributed by atoms with Gasteiger partial charge in [0.15, 0.2) is 6.04 Å². The molecule has 114 valence electrons. The minimum Gasteiger partial charge on any atom is -0.593 e. The molecule has 0 spiro atoms. The number of benzene rings is 1. The second kappa shape index (κ2) is 7.57. The van der Waals surface area contributed by atoms with Gasteiger partial charge in [0.05, 0.1) is 16.3 Å². The second-order valence-electron chi connectivity index (χ2n) is 4.01. The maximum absolute atomic E-state index is 12.0. The first-order chi connectivity index (χ1) is 9.82. The Kier molecular flexibility index (Phi) is 6.09. The number of para-hydroxylation sites is 1. The number of carboxylic acids is 1. The molecule has 2 atom stereocenters. The van der Waals surface area contributed by atoms with E-state index in [1.807, 2.05) is 0 Å². The molecule has 4 N–H and O–H groups in total. The number of nitrogens with one attached hydrogen (secondary N) is 1. The minimum atomic E-state index is -2.11. The molecule has 0 fully saturated rings. The highest BCUT2D eigenvalue weighted by Crippen LogP contribution is 2.23. The van der Waals surface area contributed by atoms with E-state index < -0.39 is 34.2 Å². The Labute approximate surface area is 122 Å². The molecule has 0 saturated carbocycles. The SMILES string of the molecule is NC(=O)CC[C@H](N[S+]([O-])c1ccccc1[N+](=O)[O-])C(=O)O. The lowest BCUT2D eigenvalue weighted by Gasteiger charge is -2.16. The molecule has 0 heterocycles. The van der Waals surface area contributed by atoms with Gasteiger partial charge >= 0.3 is 11.7 Å². The highest BCUT2D eigenvalue weighted by molar-refractivity contribution is 7.89. The summed E-state index contributed by atoms with van der Waals surface area (Å²) in [5.41, 5.74) is 4.54. The molecule has 1 aromatic rings. The molecule has 0 aliphatic rings. The molecule has 0 radical (unpaired) electrons. The van der Waals surface area contributed by atoms with Crippen LogP contribution in [0.25, 0.3) is 0 Å². The molecule has 1 unspecified atom stereocenters. The van der Waals surface area contributed by atoms with Crippen LogP contribution in [0.1, 0.15) is 12.8 Å². The van der Waals surface area contributed by atoms with Gasteiger partial charge in [-0.15, -0.1) is 4.72 Å². The number of rotatable bonds is 8. The average Bonchev–Trinajstić information content (AvgIpc) is 2.42. The Morgan fingerprint density at radius 3 is 2.57 bits per heavy atom. The van der Waals surface area contributed by atoms with Crippen molar-refractivity contribution in [1.29, 1.82) is 0 Å². The molecule has 0 aromatic heterocycles. The Morgan fingerprint density at radius 2 is 2.05 bits per heavy atom. The summed E-state index contributed by atoms with van der Waals surface area (Å²) in [5, 5.41) is 19.8. The zero-order chi connectivity index (χ0) is 16.0. The van der Waals surface area contributed by atoms with E-state index >= 15 is 0 Å². The molecule has 0 aliphatic carbocycles. The maximum Gasteiger partial charge on any atom is 0.325 e. The summed E-state index contributed by atoms with van der Waals surface area (Å²) in [6.07, 6.45) is -0.380.